The number of carbonyl (C=O) groups is 1. The van der Waals surface area contributed by atoms with E-state index in [-0.39, 0.29) is 5.56 Å². The fourth-order valence-electron chi connectivity index (χ4n) is 1.51. The molecule has 1 unspecified atom stereocenters. The van der Waals surface area contributed by atoms with Crippen LogP contribution in [0.3, 0.4) is 0 Å². The van der Waals surface area contributed by atoms with E-state index in [1.807, 2.05) is 13.8 Å². The number of hydrogen-bond acceptors (Lipinski definition) is 5. The number of nitrogens with one attached hydrogen (secondary N) is 1. The molecule has 0 bridgehead atoms. The quantitative estimate of drug-likeness (QED) is 0.830. The van der Waals surface area contributed by atoms with Crippen LogP contribution in [-0.4, -0.2) is 28.9 Å². The van der Waals surface area contributed by atoms with Crippen LogP contribution in [0, 0.1) is 5.92 Å². The molecule has 0 aromatic carbocycles. The number of nitrogens with zero attached hydrogens (tertiary/aromatic N) is 2. The predicted molar refractivity (Wildman–Crippen MR) is 76.1 cm³/mol. The van der Waals surface area contributed by atoms with Gasteiger partial charge >= 0.3 is 5.97 Å². The summed E-state index contributed by atoms with van der Waals surface area (Å²) in [5.41, 5.74) is 0.249. The highest BCUT2D eigenvalue weighted by Crippen LogP contribution is 2.17. The first-order valence-electron chi connectivity index (χ1n) is 5.96. The van der Waals surface area contributed by atoms with Gasteiger partial charge in [-0.05, 0) is 28.8 Å². The van der Waals surface area contributed by atoms with Gasteiger partial charge in [0, 0.05) is 6.54 Å². The molecule has 0 radical (unpaired) electrons. The molecule has 0 aliphatic heterocycles. The lowest BCUT2D eigenvalue weighted by molar-refractivity contribution is -0.141. The van der Waals surface area contributed by atoms with E-state index in [9.17, 15) is 9.59 Å². The van der Waals surface area contributed by atoms with Gasteiger partial charge in [0.1, 0.15) is 10.5 Å². The van der Waals surface area contributed by atoms with Gasteiger partial charge in [0.2, 0.25) is 0 Å². The van der Waals surface area contributed by atoms with Crippen molar-refractivity contribution in [2.75, 3.05) is 12.4 Å². The molecule has 1 aromatic heterocycles. The van der Waals surface area contributed by atoms with Crippen LogP contribution in [0.15, 0.2) is 15.5 Å². The average Bonchev–Trinajstić information content (AvgIpc) is 2.36. The Hall–Kier alpha value is -1.37. The van der Waals surface area contributed by atoms with Gasteiger partial charge in [-0.3, -0.25) is 4.79 Å². The lowest BCUT2D eigenvalue weighted by atomic mass is 10.2. The first-order chi connectivity index (χ1) is 8.86. The summed E-state index contributed by atoms with van der Waals surface area (Å²) in [6.07, 6.45) is 1.52. The fourth-order valence-corrected chi connectivity index (χ4v) is 1.93. The first-order valence-corrected chi connectivity index (χ1v) is 6.76. The van der Waals surface area contributed by atoms with Crippen molar-refractivity contribution in [1.82, 2.24) is 9.78 Å². The SMILES string of the molecule is COC(=O)C(C)Nc1cnn(CC(C)C)c(=O)c1Br. The highest BCUT2D eigenvalue weighted by atomic mass is 79.9. The topological polar surface area (TPSA) is 73.2 Å². The van der Waals surface area contributed by atoms with E-state index in [0.29, 0.717) is 22.6 Å². The number of halogens is 1. The summed E-state index contributed by atoms with van der Waals surface area (Å²) in [6, 6.07) is -0.552. The van der Waals surface area contributed by atoms with E-state index >= 15 is 0 Å². The molecule has 0 fully saturated rings. The van der Waals surface area contributed by atoms with Gasteiger partial charge < -0.3 is 10.1 Å². The van der Waals surface area contributed by atoms with Gasteiger partial charge in [-0.2, -0.15) is 5.10 Å². The molecule has 0 spiro atoms. The first kappa shape index (κ1) is 15.7. The van der Waals surface area contributed by atoms with Gasteiger partial charge in [-0.15, -0.1) is 0 Å². The molecule has 1 N–H and O–H groups in total. The Morgan fingerprint density at radius 2 is 2.16 bits per heavy atom. The standard InChI is InChI=1S/C12H18BrN3O3/c1-7(2)6-16-11(17)10(13)9(5-14-16)15-8(3)12(18)19-4/h5,7-8,15H,6H2,1-4H3. The van der Waals surface area contributed by atoms with E-state index in [0.717, 1.165) is 0 Å². The summed E-state index contributed by atoms with van der Waals surface area (Å²) in [4.78, 5) is 23.4. The number of carbonyl (C=O) groups excluding carboxylic acids is 1. The van der Waals surface area contributed by atoms with Crippen LogP contribution in [0.25, 0.3) is 0 Å². The largest absolute Gasteiger partial charge is 0.467 e. The molecule has 106 valence electrons. The zero-order valence-electron chi connectivity index (χ0n) is 11.4. The number of anilines is 1. The maximum absolute atomic E-state index is 12.0. The second kappa shape index (κ2) is 6.70. The molecule has 6 nitrogen and oxygen atoms in total. The van der Waals surface area contributed by atoms with Gasteiger partial charge in [0.05, 0.1) is 19.0 Å². The highest BCUT2D eigenvalue weighted by molar-refractivity contribution is 9.10. The Kier molecular flexibility index (Phi) is 5.53. The number of hydrogen-bond donors (Lipinski definition) is 1. The Morgan fingerprint density at radius 1 is 1.53 bits per heavy atom. The summed E-state index contributed by atoms with van der Waals surface area (Å²) < 4.78 is 6.36. The maximum atomic E-state index is 12.0. The number of aromatic nitrogens is 2. The van der Waals surface area contributed by atoms with Crippen LogP contribution in [0.4, 0.5) is 5.69 Å². The monoisotopic (exact) mass is 331 g/mol. The van der Waals surface area contributed by atoms with Crippen molar-refractivity contribution in [3.8, 4) is 0 Å². The minimum absolute atomic E-state index is 0.226. The van der Waals surface area contributed by atoms with Crippen LogP contribution in [0.1, 0.15) is 20.8 Å². The molecule has 0 saturated carbocycles. The molecule has 1 heterocycles. The molecule has 0 aliphatic carbocycles. The summed E-state index contributed by atoms with van der Waals surface area (Å²) in [7, 11) is 1.31. The second-order valence-electron chi connectivity index (χ2n) is 4.64. The Bertz CT molecular complexity index is 513. The van der Waals surface area contributed by atoms with Gasteiger partial charge in [0.25, 0.3) is 5.56 Å². The van der Waals surface area contributed by atoms with Crippen molar-refractivity contribution >= 4 is 27.6 Å². The molecular weight excluding hydrogens is 314 g/mol. The van der Waals surface area contributed by atoms with E-state index < -0.39 is 12.0 Å². The third-order valence-electron chi connectivity index (χ3n) is 2.45. The number of rotatable bonds is 5. The van der Waals surface area contributed by atoms with Crippen LogP contribution in [0.5, 0.6) is 0 Å². The molecule has 1 aromatic rings. The van der Waals surface area contributed by atoms with E-state index in [2.05, 4.69) is 31.1 Å². The molecular formula is C12H18BrN3O3. The molecule has 1 rings (SSSR count). The zero-order valence-corrected chi connectivity index (χ0v) is 13.0. The van der Waals surface area contributed by atoms with Crippen molar-refractivity contribution in [3.05, 3.63) is 21.0 Å². The summed E-state index contributed by atoms with van der Waals surface area (Å²) in [6.45, 7) is 6.21. The van der Waals surface area contributed by atoms with Crippen LogP contribution < -0.4 is 10.9 Å². The number of esters is 1. The van der Waals surface area contributed by atoms with Crippen molar-refractivity contribution in [3.63, 3.8) is 0 Å². The second-order valence-corrected chi connectivity index (χ2v) is 5.44. The van der Waals surface area contributed by atoms with Crippen LogP contribution in [0.2, 0.25) is 0 Å². The van der Waals surface area contributed by atoms with Crippen molar-refractivity contribution in [1.29, 1.82) is 0 Å². The van der Waals surface area contributed by atoms with E-state index in [1.165, 1.54) is 18.0 Å². The Labute approximate surface area is 120 Å². The van der Waals surface area contributed by atoms with Gasteiger partial charge in [0.15, 0.2) is 0 Å². The lowest BCUT2D eigenvalue weighted by Gasteiger charge is -2.15. The molecule has 0 amide bonds. The highest BCUT2D eigenvalue weighted by Gasteiger charge is 2.16. The van der Waals surface area contributed by atoms with Gasteiger partial charge in [-0.1, -0.05) is 13.8 Å². The Balaban J connectivity index is 2.97. The molecule has 1 atom stereocenters. The van der Waals surface area contributed by atoms with Crippen LogP contribution in [-0.2, 0) is 16.1 Å². The molecule has 0 saturated heterocycles. The van der Waals surface area contributed by atoms with Crippen molar-refractivity contribution in [2.45, 2.75) is 33.4 Å². The fraction of sp³-hybridized carbons (Fsp3) is 0.583. The van der Waals surface area contributed by atoms with Crippen molar-refractivity contribution in [2.24, 2.45) is 5.92 Å². The molecule has 7 heteroatoms. The minimum Gasteiger partial charge on any atom is -0.467 e. The summed E-state index contributed by atoms with van der Waals surface area (Å²) in [5.74, 6) is -0.0804. The third kappa shape index (κ3) is 4.05. The minimum atomic E-state index is -0.552. The maximum Gasteiger partial charge on any atom is 0.327 e. The zero-order chi connectivity index (χ0) is 14.6. The van der Waals surface area contributed by atoms with Crippen molar-refractivity contribution < 1.29 is 9.53 Å². The normalized spacial score (nSPS) is 12.3. The smallest absolute Gasteiger partial charge is 0.327 e. The molecule has 19 heavy (non-hydrogen) atoms. The van der Waals surface area contributed by atoms with Crippen LogP contribution >= 0.6 is 15.9 Å². The van der Waals surface area contributed by atoms with Gasteiger partial charge in [-0.25, -0.2) is 9.48 Å². The predicted octanol–water partition coefficient (Wildman–Crippen LogP) is 1.64. The average molecular weight is 332 g/mol. The van der Waals surface area contributed by atoms with E-state index in [1.54, 1.807) is 6.92 Å². The summed E-state index contributed by atoms with van der Waals surface area (Å²) in [5, 5.41) is 6.96. The third-order valence-corrected chi connectivity index (χ3v) is 3.22. The Morgan fingerprint density at radius 3 is 2.68 bits per heavy atom. The number of methoxy groups -OCH3 is 1. The van der Waals surface area contributed by atoms with E-state index in [4.69, 9.17) is 0 Å². The lowest BCUT2D eigenvalue weighted by Crippen LogP contribution is -2.31. The summed E-state index contributed by atoms with van der Waals surface area (Å²) >= 11 is 3.23. The number of ether oxygens (including phenoxy) is 1. The molecule has 0 aliphatic rings.